The molecule has 2 saturated heterocycles. The number of hydrogen-bond acceptors (Lipinski definition) is 12. The summed E-state index contributed by atoms with van der Waals surface area (Å²) in [5.74, 6) is -3.94. The summed E-state index contributed by atoms with van der Waals surface area (Å²) in [7, 11) is 0. The van der Waals surface area contributed by atoms with Crippen LogP contribution < -0.4 is 19.9 Å². The van der Waals surface area contributed by atoms with Gasteiger partial charge in [-0.2, -0.15) is 4.98 Å². The van der Waals surface area contributed by atoms with Crippen molar-refractivity contribution in [2.24, 2.45) is 5.92 Å². The Kier molecular flexibility index (Phi) is 10.1. The number of nitrogens with one attached hydrogen (secondary N) is 1. The van der Waals surface area contributed by atoms with Gasteiger partial charge in [0.2, 0.25) is 5.95 Å². The Bertz CT molecular complexity index is 1560. The van der Waals surface area contributed by atoms with Gasteiger partial charge >= 0.3 is 18.1 Å². The van der Waals surface area contributed by atoms with Gasteiger partial charge in [0, 0.05) is 38.2 Å². The van der Waals surface area contributed by atoms with Gasteiger partial charge in [-0.1, -0.05) is 0 Å². The number of halogens is 3. The Morgan fingerprint density at radius 2 is 1.72 bits per heavy atom. The third kappa shape index (κ3) is 8.21. The molecule has 16 heteroatoms. The van der Waals surface area contributed by atoms with Crippen molar-refractivity contribution in [3.8, 4) is 5.75 Å². The van der Waals surface area contributed by atoms with E-state index >= 15 is 0 Å². The van der Waals surface area contributed by atoms with Crippen LogP contribution in [-0.4, -0.2) is 82.7 Å². The average molecular weight is 662 g/mol. The van der Waals surface area contributed by atoms with Gasteiger partial charge in [-0.05, 0) is 70.2 Å². The molecule has 0 aliphatic carbocycles. The molecule has 0 spiro atoms. The van der Waals surface area contributed by atoms with E-state index in [1.54, 1.807) is 32.6 Å². The van der Waals surface area contributed by atoms with Crippen LogP contribution in [0, 0.1) is 23.4 Å². The normalized spacial score (nSPS) is 19.4. The molecule has 3 aromatic rings. The van der Waals surface area contributed by atoms with Gasteiger partial charge in [0.25, 0.3) is 5.82 Å². The van der Waals surface area contributed by atoms with Gasteiger partial charge in [0.15, 0.2) is 17.4 Å². The summed E-state index contributed by atoms with van der Waals surface area (Å²) < 4.78 is 64.3. The summed E-state index contributed by atoms with van der Waals surface area (Å²) in [6, 6.07) is 0.871. The fourth-order valence-corrected chi connectivity index (χ4v) is 5.74. The third-order valence-electron chi connectivity index (χ3n) is 8.03. The molecule has 2 fully saturated rings. The molecule has 0 saturated carbocycles. The van der Waals surface area contributed by atoms with Crippen LogP contribution in [0.4, 0.5) is 29.9 Å². The van der Waals surface area contributed by atoms with E-state index in [4.69, 9.17) is 18.7 Å². The van der Waals surface area contributed by atoms with Gasteiger partial charge in [-0.3, -0.25) is 0 Å². The first-order chi connectivity index (χ1) is 22.3. The number of carbonyl (C=O) groups excluding carboxylic acids is 2. The zero-order chi connectivity index (χ0) is 33.9. The largest absolute Gasteiger partial charge is 0.487 e. The van der Waals surface area contributed by atoms with E-state index in [0.29, 0.717) is 30.9 Å². The van der Waals surface area contributed by atoms with E-state index in [9.17, 15) is 22.8 Å². The van der Waals surface area contributed by atoms with Crippen LogP contribution in [0.3, 0.4) is 0 Å². The van der Waals surface area contributed by atoms with Crippen LogP contribution in [0.5, 0.6) is 5.75 Å². The molecular formula is C31H38F3N7O6. The van der Waals surface area contributed by atoms with Gasteiger partial charge in [-0.15, -0.1) is 0 Å². The zero-order valence-corrected chi connectivity index (χ0v) is 26.8. The summed E-state index contributed by atoms with van der Waals surface area (Å²) in [6.07, 6.45) is 3.73. The number of nitrogens with zero attached hydrogens (tertiary/aromatic N) is 6. The van der Waals surface area contributed by atoms with Gasteiger partial charge in [-0.25, -0.2) is 32.7 Å². The molecular weight excluding hydrogens is 623 g/mol. The van der Waals surface area contributed by atoms with E-state index in [1.165, 1.54) is 12.4 Å². The van der Waals surface area contributed by atoms with Crippen LogP contribution in [0.2, 0.25) is 0 Å². The van der Waals surface area contributed by atoms with Crippen LogP contribution in [0.15, 0.2) is 29.0 Å². The fraction of sp³-hybridized carbons (Fsp3) is 0.548. The predicted octanol–water partition coefficient (Wildman–Crippen LogP) is 4.63. The van der Waals surface area contributed by atoms with Crippen molar-refractivity contribution >= 4 is 24.0 Å². The second-order valence-corrected chi connectivity index (χ2v) is 12.5. The molecule has 0 radical (unpaired) electrons. The smallest absolute Gasteiger partial charge is 0.407 e. The number of hydrogen-bond donors (Lipinski definition) is 1. The van der Waals surface area contributed by atoms with Crippen molar-refractivity contribution in [3.05, 3.63) is 53.4 Å². The Hall–Kier alpha value is -4.63. The quantitative estimate of drug-likeness (QED) is 0.252. The number of anilines is 2. The second-order valence-electron chi connectivity index (χ2n) is 12.5. The highest BCUT2D eigenvalue weighted by Crippen LogP contribution is 2.33. The molecule has 1 aromatic carbocycles. The maximum atomic E-state index is 14.8. The van der Waals surface area contributed by atoms with E-state index in [1.807, 2.05) is 11.8 Å². The molecule has 5 rings (SSSR count). The minimum atomic E-state index is -1.30. The fourth-order valence-electron chi connectivity index (χ4n) is 5.74. The number of piperidine rings is 1. The molecule has 2 aromatic heterocycles. The second kappa shape index (κ2) is 14.0. The lowest BCUT2D eigenvalue weighted by molar-refractivity contribution is 0.0495. The highest BCUT2D eigenvalue weighted by atomic mass is 19.2. The molecule has 1 N–H and O–H groups in total. The number of aromatic nitrogens is 4. The van der Waals surface area contributed by atoms with Crippen molar-refractivity contribution < 1.29 is 41.5 Å². The number of ether oxygens (including phenoxy) is 3. The number of esters is 1. The van der Waals surface area contributed by atoms with Crippen LogP contribution in [0.1, 0.15) is 69.6 Å². The summed E-state index contributed by atoms with van der Waals surface area (Å²) in [5, 5.41) is 6.44. The topological polar surface area (TPSA) is 145 Å². The molecule has 254 valence electrons. The van der Waals surface area contributed by atoms with Crippen LogP contribution in [-0.2, 0) is 9.47 Å². The minimum Gasteiger partial charge on any atom is -0.487 e. The highest BCUT2D eigenvalue weighted by Gasteiger charge is 2.39. The SMILES string of the molecule is CCOC(=O)c1noc(N2CCC([C@H](C)Oc3cnc(N4C[C@H](NC(=O)OC(C)(C)C)[C@@H](c5cc(F)c(F)cc5F)C4)nc3)CC2)n1. The first kappa shape index (κ1) is 33.7. The lowest BCUT2D eigenvalue weighted by atomic mass is 9.92. The molecule has 13 nitrogen and oxygen atoms in total. The molecule has 0 bridgehead atoms. The van der Waals surface area contributed by atoms with Gasteiger partial charge in [0.1, 0.15) is 11.4 Å². The lowest BCUT2D eigenvalue weighted by Crippen LogP contribution is -2.43. The predicted molar refractivity (Wildman–Crippen MR) is 162 cm³/mol. The van der Waals surface area contributed by atoms with Crippen molar-refractivity contribution in [1.29, 1.82) is 0 Å². The van der Waals surface area contributed by atoms with E-state index in [2.05, 4.69) is 25.4 Å². The standard InChI is InChI=1S/C31H38F3N7O6/c1-6-44-27(42)26-38-29(47-39-26)40-9-7-18(8-10-40)17(2)45-19-13-35-28(36-14-19)41-15-21(20-11-23(33)24(34)12-22(20)32)25(16-41)37-30(43)46-31(3,4)5/h11-14,17-18,21,25H,6-10,15-16H2,1-5H3,(H,37,43)/t17-,21+,25-/m0/s1. The molecule has 2 aliphatic heterocycles. The summed E-state index contributed by atoms with van der Waals surface area (Å²) in [5.41, 5.74) is -0.854. The molecule has 3 atom stereocenters. The number of rotatable bonds is 9. The maximum absolute atomic E-state index is 14.8. The Balaban J connectivity index is 1.20. The van der Waals surface area contributed by atoms with Crippen LogP contribution >= 0.6 is 0 Å². The first-order valence-electron chi connectivity index (χ1n) is 15.4. The van der Waals surface area contributed by atoms with Gasteiger partial charge < -0.3 is 33.9 Å². The first-order valence-corrected chi connectivity index (χ1v) is 15.4. The summed E-state index contributed by atoms with van der Waals surface area (Å²) in [6.45, 7) is 10.6. The highest BCUT2D eigenvalue weighted by molar-refractivity contribution is 5.85. The lowest BCUT2D eigenvalue weighted by Gasteiger charge is -2.33. The van der Waals surface area contributed by atoms with Crippen LogP contribution in [0.25, 0.3) is 0 Å². The molecule has 2 aliphatic rings. The number of amides is 1. The number of benzene rings is 1. The summed E-state index contributed by atoms with van der Waals surface area (Å²) >= 11 is 0. The maximum Gasteiger partial charge on any atom is 0.407 e. The number of alkyl carbamates (subject to hydrolysis) is 1. The molecule has 4 heterocycles. The van der Waals surface area contributed by atoms with Gasteiger partial charge in [0.05, 0.1) is 31.1 Å². The van der Waals surface area contributed by atoms with Crippen molar-refractivity contribution in [1.82, 2.24) is 25.4 Å². The Morgan fingerprint density at radius 1 is 1.04 bits per heavy atom. The average Bonchev–Trinajstić information content (AvgIpc) is 3.67. The van der Waals surface area contributed by atoms with E-state index in [0.717, 1.165) is 18.9 Å². The molecule has 0 unspecified atom stereocenters. The number of carbonyl (C=O) groups is 2. The minimum absolute atomic E-state index is 0.0779. The van der Waals surface area contributed by atoms with Crippen molar-refractivity contribution in [3.63, 3.8) is 0 Å². The Morgan fingerprint density at radius 3 is 2.38 bits per heavy atom. The zero-order valence-electron chi connectivity index (χ0n) is 26.8. The van der Waals surface area contributed by atoms with Crippen molar-refractivity contribution in [2.45, 2.75) is 71.1 Å². The van der Waals surface area contributed by atoms with E-state index < -0.39 is 47.1 Å². The molecule has 47 heavy (non-hydrogen) atoms. The van der Waals surface area contributed by atoms with Crippen molar-refractivity contribution in [2.75, 3.05) is 42.6 Å². The summed E-state index contributed by atoms with van der Waals surface area (Å²) in [4.78, 5) is 41.1. The van der Waals surface area contributed by atoms with E-state index in [-0.39, 0.29) is 49.1 Å². The molecule has 1 amide bonds. The Labute approximate surface area is 269 Å². The monoisotopic (exact) mass is 661 g/mol. The third-order valence-corrected chi connectivity index (χ3v) is 8.03.